The van der Waals surface area contributed by atoms with Gasteiger partial charge in [-0.1, -0.05) is 42.5 Å². The lowest BCUT2D eigenvalue weighted by Gasteiger charge is -2.11. The van der Waals surface area contributed by atoms with Gasteiger partial charge in [0.05, 0.1) is 6.54 Å². The fourth-order valence-corrected chi connectivity index (χ4v) is 2.30. The fourth-order valence-electron chi connectivity index (χ4n) is 2.30. The zero-order valence-corrected chi connectivity index (χ0v) is 14.2. The van der Waals surface area contributed by atoms with Gasteiger partial charge in [0.2, 0.25) is 0 Å². The lowest BCUT2D eigenvalue weighted by Crippen LogP contribution is -2.38. The van der Waals surface area contributed by atoms with Crippen LogP contribution < -0.4 is 15.4 Å². The van der Waals surface area contributed by atoms with Crippen LogP contribution in [-0.4, -0.2) is 25.7 Å². The first-order valence-electron chi connectivity index (χ1n) is 8.27. The number of hydrogen-bond acceptors (Lipinski definition) is 2. The van der Waals surface area contributed by atoms with Crippen molar-refractivity contribution in [1.29, 1.82) is 0 Å². The van der Waals surface area contributed by atoms with Crippen molar-refractivity contribution in [2.45, 2.75) is 26.5 Å². The molecule has 0 fully saturated rings. The van der Waals surface area contributed by atoms with Crippen LogP contribution in [0.5, 0.6) is 5.75 Å². The van der Waals surface area contributed by atoms with Gasteiger partial charge >= 0.3 is 6.61 Å². The topological polar surface area (TPSA) is 45.7 Å². The van der Waals surface area contributed by atoms with Crippen LogP contribution in [0.25, 0.3) is 0 Å². The molecule has 4 nitrogen and oxygen atoms in total. The summed E-state index contributed by atoms with van der Waals surface area (Å²) in [6.07, 6.45) is 0.892. The van der Waals surface area contributed by atoms with Crippen molar-refractivity contribution in [2.24, 2.45) is 4.99 Å². The molecule has 0 aliphatic rings. The Morgan fingerprint density at radius 2 is 1.80 bits per heavy atom. The molecule has 0 aliphatic carbocycles. The molecule has 0 heterocycles. The van der Waals surface area contributed by atoms with E-state index < -0.39 is 6.61 Å². The second-order valence-electron chi connectivity index (χ2n) is 5.38. The summed E-state index contributed by atoms with van der Waals surface area (Å²) >= 11 is 0. The van der Waals surface area contributed by atoms with Gasteiger partial charge in [0.15, 0.2) is 5.96 Å². The average molecular weight is 347 g/mol. The number of rotatable bonds is 8. The van der Waals surface area contributed by atoms with Crippen LogP contribution in [0.2, 0.25) is 0 Å². The molecule has 0 radical (unpaired) electrons. The van der Waals surface area contributed by atoms with E-state index >= 15 is 0 Å². The van der Waals surface area contributed by atoms with Crippen molar-refractivity contribution in [3.8, 4) is 5.75 Å². The summed E-state index contributed by atoms with van der Waals surface area (Å²) in [5.74, 6) is 0.836. The molecule has 6 heteroatoms. The molecule has 2 N–H and O–H groups in total. The number of nitrogens with one attached hydrogen (secondary N) is 2. The molecule has 2 rings (SSSR count). The summed E-state index contributed by atoms with van der Waals surface area (Å²) in [5, 5.41) is 6.45. The van der Waals surface area contributed by atoms with Crippen molar-refractivity contribution >= 4 is 5.96 Å². The molecule has 2 aromatic rings. The van der Waals surface area contributed by atoms with Gasteiger partial charge in [0.1, 0.15) is 5.75 Å². The highest BCUT2D eigenvalue weighted by Gasteiger charge is 2.05. The Labute approximate surface area is 146 Å². The van der Waals surface area contributed by atoms with Crippen molar-refractivity contribution < 1.29 is 13.5 Å². The SMILES string of the molecule is CCNC(=NCc1cccc(OC(F)F)c1)NCCc1ccccc1. The molecule has 0 atom stereocenters. The predicted octanol–water partition coefficient (Wildman–Crippen LogP) is 3.59. The van der Waals surface area contributed by atoms with Crippen LogP contribution in [0, 0.1) is 0 Å². The third kappa shape index (κ3) is 7.20. The molecule has 0 spiro atoms. The third-order valence-electron chi connectivity index (χ3n) is 3.44. The maximum Gasteiger partial charge on any atom is 0.387 e. The number of ether oxygens (including phenoxy) is 1. The first-order chi connectivity index (χ1) is 12.2. The Kier molecular flexibility index (Phi) is 7.69. The number of hydrogen-bond donors (Lipinski definition) is 2. The average Bonchev–Trinajstić information content (AvgIpc) is 2.60. The molecule has 134 valence electrons. The molecule has 0 saturated heterocycles. The van der Waals surface area contributed by atoms with Gasteiger partial charge in [-0.25, -0.2) is 4.99 Å². The minimum absolute atomic E-state index is 0.143. The summed E-state index contributed by atoms with van der Waals surface area (Å²) in [7, 11) is 0. The van der Waals surface area contributed by atoms with Gasteiger partial charge in [-0.2, -0.15) is 8.78 Å². The summed E-state index contributed by atoms with van der Waals surface area (Å²) in [5.41, 5.74) is 2.06. The van der Waals surface area contributed by atoms with E-state index in [2.05, 4.69) is 32.5 Å². The maximum atomic E-state index is 12.3. The van der Waals surface area contributed by atoms with Gasteiger partial charge in [-0.15, -0.1) is 0 Å². The van der Waals surface area contributed by atoms with Crippen LogP contribution in [0.3, 0.4) is 0 Å². The van der Waals surface area contributed by atoms with E-state index in [0.717, 1.165) is 25.1 Å². The van der Waals surface area contributed by atoms with E-state index in [-0.39, 0.29) is 5.75 Å². The Balaban J connectivity index is 1.90. The minimum atomic E-state index is -2.82. The first-order valence-corrected chi connectivity index (χ1v) is 8.27. The zero-order valence-electron chi connectivity index (χ0n) is 14.2. The van der Waals surface area contributed by atoms with Crippen molar-refractivity contribution in [3.63, 3.8) is 0 Å². The predicted molar refractivity (Wildman–Crippen MR) is 96.0 cm³/mol. The number of halogens is 2. The molecular weight excluding hydrogens is 324 g/mol. The highest BCUT2D eigenvalue weighted by atomic mass is 19.3. The standard InChI is InChI=1S/C19H23F2N3O/c1-2-22-19(23-12-11-15-7-4-3-5-8-15)24-14-16-9-6-10-17(13-16)25-18(20)21/h3-10,13,18H,2,11-12,14H2,1H3,(H2,22,23,24). The molecule has 2 aromatic carbocycles. The molecule has 0 amide bonds. The smallest absolute Gasteiger partial charge is 0.387 e. The van der Waals surface area contributed by atoms with Crippen LogP contribution in [0.15, 0.2) is 59.6 Å². The Hall–Kier alpha value is -2.63. The van der Waals surface area contributed by atoms with Crippen molar-refractivity contribution in [2.75, 3.05) is 13.1 Å². The minimum Gasteiger partial charge on any atom is -0.435 e. The van der Waals surface area contributed by atoms with Gasteiger partial charge in [0, 0.05) is 13.1 Å². The normalized spacial score (nSPS) is 11.4. The highest BCUT2D eigenvalue weighted by Crippen LogP contribution is 2.16. The van der Waals surface area contributed by atoms with E-state index in [0.29, 0.717) is 12.5 Å². The zero-order chi connectivity index (χ0) is 17.9. The van der Waals surface area contributed by atoms with E-state index in [1.54, 1.807) is 12.1 Å². The summed E-state index contributed by atoms with van der Waals surface area (Å²) in [4.78, 5) is 4.49. The van der Waals surface area contributed by atoms with Gasteiger partial charge in [-0.3, -0.25) is 0 Å². The molecule has 0 bridgehead atoms. The Bertz CT molecular complexity index is 663. The Morgan fingerprint density at radius 3 is 2.52 bits per heavy atom. The lowest BCUT2D eigenvalue weighted by atomic mass is 10.1. The van der Waals surface area contributed by atoms with Gasteiger partial charge in [0.25, 0.3) is 0 Å². The molecule has 0 saturated carbocycles. The second-order valence-corrected chi connectivity index (χ2v) is 5.38. The molecular formula is C19H23F2N3O. The van der Waals surface area contributed by atoms with E-state index in [4.69, 9.17) is 0 Å². The summed E-state index contributed by atoms with van der Waals surface area (Å²) in [6, 6.07) is 16.8. The molecule has 0 aromatic heterocycles. The maximum absolute atomic E-state index is 12.3. The Morgan fingerprint density at radius 1 is 1.04 bits per heavy atom. The quantitative estimate of drug-likeness (QED) is 0.567. The number of guanidine groups is 1. The van der Waals surface area contributed by atoms with Crippen molar-refractivity contribution in [3.05, 3.63) is 65.7 Å². The molecule has 0 aliphatic heterocycles. The number of benzene rings is 2. The third-order valence-corrected chi connectivity index (χ3v) is 3.44. The van der Waals surface area contributed by atoms with E-state index in [9.17, 15) is 8.78 Å². The highest BCUT2D eigenvalue weighted by molar-refractivity contribution is 5.79. The lowest BCUT2D eigenvalue weighted by molar-refractivity contribution is -0.0498. The van der Waals surface area contributed by atoms with Gasteiger partial charge < -0.3 is 15.4 Å². The van der Waals surface area contributed by atoms with Crippen LogP contribution >= 0.6 is 0 Å². The summed E-state index contributed by atoms with van der Waals surface area (Å²) in [6.45, 7) is 1.04. The largest absolute Gasteiger partial charge is 0.435 e. The van der Waals surface area contributed by atoms with E-state index in [1.807, 2.05) is 31.2 Å². The number of alkyl halides is 2. The van der Waals surface area contributed by atoms with Crippen LogP contribution in [0.1, 0.15) is 18.1 Å². The first kappa shape index (κ1) is 18.7. The van der Waals surface area contributed by atoms with Gasteiger partial charge in [-0.05, 0) is 36.6 Å². The molecule has 25 heavy (non-hydrogen) atoms. The monoisotopic (exact) mass is 347 g/mol. The van der Waals surface area contributed by atoms with Crippen molar-refractivity contribution in [1.82, 2.24) is 10.6 Å². The number of nitrogens with zero attached hydrogens (tertiary/aromatic N) is 1. The van der Waals surface area contributed by atoms with Crippen LogP contribution in [0.4, 0.5) is 8.78 Å². The molecule has 0 unspecified atom stereocenters. The van der Waals surface area contributed by atoms with E-state index in [1.165, 1.54) is 11.6 Å². The summed E-state index contributed by atoms with van der Waals surface area (Å²) < 4.78 is 29.0. The second kappa shape index (κ2) is 10.3. The number of aliphatic imine (C=N–C) groups is 1. The fraction of sp³-hybridized carbons (Fsp3) is 0.316. The van der Waals surface area contributed by atoms with Crippen LogP contribution in [-0.2, 0) is 13.0 Å².